The van der Waals surface area contributed by atoms with Crippen LogP contribution in [0.4, 0.5) is 11.4 Å². The molecule has 1 aromatic carbocycles. The average Bonchev–Trinajstić information content (AvgIpc) is 2.57. The molecule has 5 nitrogen and oxygen atoms in total. The Bertz CT molecular complexity index is 695. The van der Waals surface area contributed by atoms with Crippen molar-refractivity contribution in [1.82, 2.24) is 10.2 Å². The van der Waals surface area contributed by atoms with Crippen molar-refractivity contribution < 1.29 is 0 Å². The van der Waals surface area contributed by atoms with Gasteiger partial charge in [-0.1, -0.05) is 29.8 Å². The highest BCUT2D eigenvalue weighted by atomic mass is 35.5. The van der Waals surface area contributed by atoms with Crippen molar-refractivity contribution in [3.8, 4) is 0 Å². The lowest BCUT2D eigenvalue weighted by atomic mass is 10.1. The number of aromatic nitrogens is 2. The highest BCUT2D eigenvalue weighted by Gasteiger charge is 2.14. The van der Waals surface area contributed by atoms with Crippen molar-refractivity contribution in [2.45, 2.75) is 25.8 Å². The second-order valence-electron chi connectivity index (χ2n) is 5.46. The summed E-state index contributed by atoms with van der Waals surface area (Å²) in [5.74, 6) is 0. The van der Waals surface area contributed by atoms with Crippen molar-refractivity contribution >= 4 is 23.0 Å². The molecule has 116 valence electrons. The van der Waals surface area contributed by atoms with Crippen LogP contribution in [0.15, 0.2) is 35.3 Å². The van der Waals surface area contributed by atoms with E-state index in [-0.39, 0.29) is 10.6 Å². The summed E-state index contributed by atoms with van der Waals surface area (Å²) in [6, 6.07) is 8.35. The van der Waals surface area contributed by atoms with E-state index in [9.17, 15) is 4.79 Å². The van der Waals surface area contributed by atoms with E-state index in [0.29, 0.717) is 12.2 Å². The van der Waals surface area contributed by atoms with E-state index in [1.807, 2.05) is 6.07 Å². The summed E-state index contributed by atoms with van der Waals surface area (Å²) in [6.45, 7) is 2.81. The third kappa shape index (κ3) is 3.25. The number of benzene rings is 1. The van der Waals surface area contributed by atoms with Crippen LogP contribution in [0, 0.1) is 0 Å². The van der Waals surface area contributed by atoms with Crippen LogP contribution >= 0.6 is 11.6 Å². The molecule has 0 bridgehead atoms. The summed E-state index contributed by atoms with van der Waals surface area (Å²) >= 11 is 5.99. The van der Waals surface area contributed by atoms with E-state index >= 15 is 0 Å². The number of para-hydroxylation sites is 1. The van der Waals surface area contributed by atoms with E-state index in [2.05, 4.69) is 38.6 Å². The molecule has 6 heteroatoms. The largest absolute Gasteiger partial charge is 0.378 e. The minimum Gasteiger partial charge on any atom is -0.378 e. The Kier molecular flexibility index (Phi) is 4.63. The molecule has 2 aromatic rings. The molecule has 2 N–H and O–H groups in total. The Labute approximate surface area is 134 Å². The van der Waals surface area contributed by atoms with Crippen molar-refractivity contribution in [1.29, 1.82) is 0 Å². The predicted molar refractivity (Wildman–Crippen MR) is 89.7 cm³/mol. The quantitative estimate of drug-likeness (QED) is 0.909. The second-order valence-corrected chi connectivity index (χ2v) is 5.83. The summed E-state index contributed by atoms with van der Waals surface area (Å²) in [5, 5.41) is 9.44. The fraction of sp³-hybridized carbons (Fsp3) is 0.375. The van der Waals surface area contributed by atoms with Gasteiger partial charge in [0.2, 0.25) is 0 Å². The maximum Gasteiger partial charge on any atom is 0.285 e. The molecule has 0 aliphatic carbocycles. The molecule has 0 saturated carbocycles. The van der Waals surface area contributed by atoms with Gasteiger partial charge in [-0.25, -0.2) is 5.10 Å². The first-order chi connectivity index (χ1) is 10.8. The Morgan fingerprint density at radius 1 is 1.23 bits per heavy atom. The normalized spacial score (nSPS) is 14.9. The lowest BCUT2D eigenvalue weighted by Gasteiger charge is -2.30. The Morgan fingerprint density at radius 2 is 2.00 bits per heavy atom. The van der Waals surface area contributed by atoms with Gasteiger partial charge in [0.15, 0.2) is 0 Å². The van der Waals surface area contributed by atoms with Gasteiger partial charge >= 0.3 is 0 Å². The maximum absolute atomic E-state index is 11.5. The van der Waals surface area contributed by atoms with Gasteiger partial charge in [0.25, 0.3) is 5.56 Å². The molecule has 0 amide bonds. The lowest BCUT2D eigenvalue weighted by molar-refractivity contribution is 0.576. The first-order valence-electron chi connectivity index (χ1n) is 7.55. The Hall–Kier alpha value is -2.01. The van der Waals surface area contributed by atoms with Gasteiger partial charge in [0.05, 0.1) is 11.9 Å². The van der Waals surface area contributed by atoms with Crippen molar-refractivity contribution in [2.24, 2.45) is 0 Å². The molecule has 0 atom stereocenters. The monoisotopic (exact) mass is 318 g/mol. The number of anilines is 2. The van der Waals surface area contributed by atoms with E-state index in [4.69, 9.17) is 11.6 Å². The van der Waals surface area contributed by atoms with Gasteiger partial charge < -0.3 is 10.2 Å². The second kappa shape index (κ2) is 6.83. The minimum absolute atomic E-state index is 0.144. The van der Waals surface area contributed by atoms with Gasteiger partial charge in [-0.3, -0.25) is 4.79 Å². The number of rotatable bonds is 4. The number of nitrogens with one attached hydrogen (secondary N) is 2. The predicted octanol–water partition coefficient (Wildman–Crippen LogP) is 3.03. The molecule has 0 unspecified atom stereocenters. The van der Waals surface area contributed by atoms with Crippen molar-refractivity contribution in [3.05, 3.63) is 51.4 Å². The highest BCUT2D eigenvalue weighted by Crippen LogP contribution is 2.25. The fourth-order valence-corrected chi connectivity index (χ4v) is 2.96. The summed E-state index contributed by atoms with van der Waals surface area (Å²) in [6.07, 6.45) is 5.33. The molecule has 1 aromatic heterocycles. The molecular formula is C16H19ClN4O. The van der Waals surface area contributed by atoms with E-state index < -0.39 is 0 Å². The number of aromatic amines is 1. The zero-order chi connectivity index (χ0) is 15.4. The first-order valence-corrected chi connectivity index (χ1v) is 7.93. The summed E-state index contributed by atoms with van der Waals surface area (Å²) in [7, 11) is 0. The number of hydrogen-bond acceptors (Lipinski definition) is 4. The van der Waals surface area contributed by atoms with Gasteiger partial charge in [0, 0.05) is 25.3 Å². The van der Waals surface area contributed by atoms with Crippen LogP contribution in [0.3, 0.4) is 0 Å². The molecular weight excluding hydrogens is 300 g/mol. The number of nitrogens with zero attached hydrogens (tertiary/aromatic N) is 2. The Morgan fingerprint density at radius 3 is 2.82 bits per heavy atom. The van der Waals surface area contributed by atoms with E-state index in [0.717, 1.165) is 13.1 Å². The topological polar surface area (TPSA) is 61.0 Å². The van der Waals surface area contributed by atoms with Gasteiger partial charge in [-0.2, -0.15) is 5.10 Å². The van der Waals surface area contributed by atoms with Gasteiger partial charge in [-0.15, -0.1) is 0 Å². The van der Waals surface area contributed by atoms with E-state index in [1.54, 1.807) is 0 Å². The fourth-order valence-electron chi connectivity index (χ4n) is 2.80. The molecule has 1 saturated heterocycles. The zero-order valence-electron chi connectivity index (χ0n) is 12.3. The first kappa shape index (κ1) is 14.9. The number of piperidine rings is 1. The summed E-state index contributed by atoms with van der Waals surface area (Å²) < 4.78 is 0. The summed E-state index contributed by atoms with van der Waals surface area (Å²) in [4.78, 5) is 13.9. The van der Waals surface area contributed by atoms with Crippen LogP contribution < -0.4 is 15.8 Å². The van der Waals surface area contributed by atoms with Gasteiger partial charge in [0.1, 0.15) is 5.02 Å². The molecule has 1 aliphatic heterocycles. The molecule has 0 spiro atoms. The highest BCUT2D eigenvalue weighted by molar-refractivity contribution is 6.32. The van der Waals surface area contributed by atoms with Crippen molar-refractivity contribution in [2.75, 3.05) is 23.3 Å². The molecule has 0 radical (unpaired) electrons. The van der Waals surface area contributed by atoms with Crippen LogP contribution in [0.25, 0.3) is 0 Å². The van der Waals surface area contributed by atoms with Crippen molar-refractivity contribution in [3.63, 3.8) is 0 Å². The third-order valence-electron chi connectivity index (χ3n) is 3.95. The van der Waals surface area contributed by atoms with Crippen LogP contribution in [0.1, 0.15) is 24.8 Å². The van der Waals surface area contributed by atoms with Crippen LogP contribution in [0.2, 0.25) is 5.02 Å². The molecule has 3 rings (SSSR count). The van der Waals surface area contributed by atoms with Crippen LogP contribution in [-0.4, -0.2) is 23.3 Å². The van der Waals surface area contributed by atoms with Gasteiger partial charge in [-0.05, 0) is 30.9 Å². The molecule has 2 heterocycles. The third-order valence-corrected chi connectivity index (χ3v) is 4.33. The van der Waals surface area contributed by atoms with Crippen LogP contribution in [0.5, 0.6) is 0 Å². The maximum atomic E-state index is 11.5. The number of hydrogen-bond donors (Lipinski definition) is 2. The standard InChI is InChI=1S/C16H19ClN4O/c17-15-13(11-19-20-16(15)22)18-10-12-6-2-3-7-14(12)21-8-4-1-5-9-21/h2-3,6-7,11H,1,4-5,8-10H2,(H2,18,20,22). The van der Waals surface area contributed by atoms with E-state index in [1.165, 1.54) is 36.7 Å². The number of H-pyrrole nitrogens is 1. The SMILES string of the molecule is O=c1[nH]ncc(NCc2ccccc2N2CCCCC2)c1Cl. The molecule has 1 fully saturated rings. The zero-order valence-corrected chi connectivity index (χ0v) is 13.1. The van der Waals surface area contributed by atoms with Crippen LogP contribution in [-0.2, 0) is 6.54 Å². The average molecular weight is 319 g/mol. The molecule has 1 aliphatic rings. The number of halogens is 1. The lowest BCUT2D eigenvalue weighted by Crippen LogP contribution is -2.30. The minimum atomic E-state index is -0.379. The molecule has 22 heavy (non-hydrogen) atoms. The smallest absolute Gasteiger partial charge is 0.285 e. The summed E-state index contributed by atoms with van der Waals surface area (Å²) in [5.41, 5.74) is 2.62. The Balaban J connectivity index is 1.77.